The molecule has 172 valence electrons. The van der Waals surface area contributed by atoms with Gasteiger partial charge in [-0.1, -0.05) is 31.5 Å². The van der Waals surface area contributed by atoms with E-state index in [9.17, 15) is 12.6 Å². The molecule has 1 aliphatic rings. The van der Waals surface area contributed by atoms with Gasteiger partial charge >= 0.3 is 0 Å². The first kappa shape index (κ1) is 27.3. The molecule has 0 radical (unpaired) electrons. The summed E-state index contributed by atoms with van der Waals surface area (Å²) in [6.07, 6.45) is 3.96. The Hall–Kier alpha value is -0.720. The number of nitrogens with zero attached hydrogens (tertiary/aromatic N) is 2. The summed E-state index contributed by atoms with van der Waals surface area (Å²) in [5, 5.41) is 6.94. The molecule has 1 fully saturated rings. The van der Waals surface area contributed by atoms with Gasteiger partial charge in [-0.2, -0.15) is 0 Å². The van der Waals surface area contributed by atoms with Crippen LogP contribution in [0.15, 0.2) is 34.2 Å². The van der Waals surface area contributed by atoms with Crippen LogP contribution in [0, 0.1) is 0 Å². The number of hydrogen-bond donors (Lipinski definition) is 2. The Balaban J connectivity index is 0.00000450. The van der Waals surface area contributed by atoms with E-state index >= 15 is 0 Å². The Morgan fingerprint density at radius 1 is 1.23 bits per heavy atom. The standard InChI is InChI=1S/C20H34N4O3S2.HI/c1-5-21-20(23-17-11-9-12-18(14-17)28(25)6-2)22-15-16-10-7-8-13-19(16)29(26,27)24(3)4;/h7-8,10,13,17-18H,5-6,9,11-12,14-15H2,1-4H3,(H2,21,22,23);1H. The van der Waals surface area contributed by atoms with Crippen molar-refractivity contribution in [2.45, 2.75) is 62.3 Å². The lowest BCUT2D eigenvalue weighted by atomic mass is 9.95. The van der Waals surface area contributed by atoms with Crippen LogP contribution in [0.4, 0.5) is 0 Å². The van der Waals surface area contributed by atoms with Crippen LogP contribution in [0.5, 0.6) is 0 Å². The average molecular weight is 571 g/mol. The number of aliphatic imine (C=N–C) groups is 1. The molecule has 1 aromatic carbocycles. The lowest BCUT2D eigenvalue weighted by molar-refractivity contribution is 0.413. The van der Waals surface area contributed by atoms with Crippen molar-refractivity contribution in [3.05, 3.63) is 29.8 Å². The fourth-order valence-corrected chi connectivity index (χ4v) is 5.97. The number of rotatable bonds is 8. The van der Waals surface area contributed by atoms with Crippen LogP contribution < -0.4 is 10.6 Å². The molecule has 0 heterocycles. The van der Waals surface area contributed by atoms with Crippen LogP contribution in [0.1, 0.15) is 45.1 Å². The van der Waals surface area contributed by atoms with E-state index < -0.39 is 20.8 Å². The van der Waals surface area contributed by atoms with Gasteiger partial charge in [0.2, 0.25) is 10.0 Å². The zero-order valence-corrected chi connectivity index (χ0v) is 22.2. The fraction of sp³-hybridized carbons (Fsp3) is 0.650. The van der Waals surface area contributed by atoms with Crippen LogP contribution in [0.3, 0.4) is 0 Å². The largest absolute Gasteiger partial charge is 0.357 e. The predicted octanol–water partition coefficient (Wildman–Crippen LogP) is 2.69. The van der Waals surface area contributed by atoms with Gasteiger partial charge in [0.15, 0.2) is 5.96 Å². The molecule has 3 atom stereocenters. The van der Waals surface area contributed by atoms with E-state index in [1.807, 2.05) is 19.9 Å². The minimum absolute atomic E-state index is 0. The van der Waals surface area contributed by atoms with Gasteiger partial charge in [0.25, 0.3) is 0 Å². The van der Waals surface area contributed by atoms with Gasteiger partial charge in [0.05, 0.1) is 11.4 Å². The van der Waals surface area contributed by atoms with Gasteiger partial charge in [-0.15, -0.1) is 24.0 Å². The van der Waals surface area contributed by atoms with Crippen LogP contribution >= 0.6 is 24.0 Å². The van der Waals surface area contributed by atoms with E-state index in [2.05, 4.69) is 15.6 Å². The minimum atomic E-state index is -3.53. The normalized spacial score (nSPS) is 21.0. The topological polar surface area (TPSA) is 90.9 Å². The summed E-state index contributed by atoms with van der Waals surface area (Å²) < 4.78 is 38.6. The van der Waals surface area contributed by atoms with Gasteiger partial charge in [0, 0.05) is 48.5 Å². The third kappa shape index (κ3) is 7.45. The molecule has 2 N–H and O–H groups in total. The molecule has 0 aliphatic heterocycles. The van der Waals surface area contributed by atoms with Crippen molar-refractivity contribution in [1.29, 1.82) is 0 Å². The van der Waals surface area contributed by atoms with Gasteiger partial charge in [-0.05, 0) is 37.8 Å². The van der Waals surface area contributed by atoms with Crippen molar-refractivity contribution < 1.29 is 12.6 Å². The summed E-state index contributed by atoms with van der Waals surface area (Å²) in [6.45, 7) is 4.94. The van der Waals surface area contributed by atoms with Gasteiger partial charge in [-0.25, -0.2) is 17.7 Å². The molecule has 0 aromatic heterocycles. The maximum Gasteiger partial charge on any atom is 0.242 e. The highest BCUT2D eigenvalue weighted by Gasteiger charge is 2.26. The van der Waals surface area contributed by atoms with Crippen LogP contribution in [-0.4, -0.2) is 60.6 Å². The van der Waals surface area contributed by atoms with E-state index in [-0.39, 0.29) is 46.7 Å². The van der Waals surface area contributed by atoms with Crippen molar-refractivity contribution in [2.75, 3.05) is 26.4 Å². The SMILES string of the molecule is CCNC(=NCc1ccccc1S(=O)(=O)N(C)C)NC1CCCC(S(=O)CC)C1.I. The van der Waals surface area contributed by atoms with Crippen molar-refractivity contribution in [3.8, 4) is 0 Å². The number of nitrogens with one attached hydrogen (secondary N) is 2. The predicted molar refractivity (Wildman–Crippen MR) is 135 cm³/mol. The molecule has 10 heteroatoms. The maximum absolute atomic E-state index is 12.6. The second kappa shape index (κ2) is 13.0. The van der Waals surface area contributed by atoms with Gasteiger partial charge in [0.1, 0.15) is 0 Å². The molecule has 1 saturated carbocycles. The monoisotopic (exact) mass is 570 g/mol. The van der Waals surface area contributed by atoms with E-state index in [0.717, 1.165) is 25.7 Å². The molecule has 1 aliphatic carbocycles. The van der Waals surface area contributed by atoms with Gasteiger partial charge < -0.3 is 10.6 Å². The number of benzene rings is 1. The Morgan fingerprint density at radius 2 is 1.93 bits per heavy atom. The van der Waals surface area contributed by atoms with Crippen molar-refractivity contribution in [3.63, 3.8) is 0 Å². The second-order valence-corrected chi connectivity index (χ2v) is 11.5. The Morgan fingerprint density at radius 3 is 2.57 bits per heavy atom. The van der Waals surface area contributed by atoms with E-state index in [0.29, 0.717) is 23.8 Å². The summed E-state index contributed by atoms with van der Waals surface area (Å²) >= 11 is 0. The lowest BCUT2D eigenvalue weighted by Crippen LogP contribution is -2.46. The summed E-state index contributed by atoms with van der Waals surface area (Å²) in [7, 11) is -1.24. The molecule has 30 heavy (non-hydrogen) atoms. The Bertz CT molecular complexity index is 831. The molecular weight excluding hydrogens is 535 g/mol. The highest BCUT2D eigenvalue weighted by Crippen LogP contribution is 2.23. The first-order chi connectivity index (χ1) is 13.8. The van der Waals surface area contributed by atoms with Crippen molar-refractivity contribution >= 4 is 50.8 Å². The number of sulfonamides is 1. The first-order valence-corrected chi connectivity index (χ1v) is 13.0. The molecular formula is C20H35IN4O3S2. The minimum Gasteiger partial charge on any atom is -0.357 e. The van der Waals surface area contributed by atoms with E-state index in [1.54, 1.807) is 18.2 Å². The summed E-state index contributed by atoms with van der Waals surface area (Å²) in [4.78, 5) is 4.92. The van der Waals surface area contributed by atoms with Crippen LogP contribution in [0.25, 0.3) is 0 Å². The second-order valence-electron chi connectivity index (χ2n) is 7.39. The quantitative estimate of drug-likeness (QED) is 0.285. The van der Waals surface area contributed by atoms with Crippen molar-refractivity contribution in [1.82, 2.24) is 14.9 Å². The summed E-state index contributed by atoms with van der Waals surface area (Å²) in [6, 6.07) is 7.19. The molecule has 0 spiro atoms. The molecule has 0 amide bonds. The van der Waals surface area contributed by atoms with E-state index in [1.165, 1.54) is 18.4 Å². The van der Waals surface area contributed by atoms with E-state index in [4.69, 9.17) is 0 Å². The molecule has 7 nitrogen and oxygen atoms in total. The van der Waals surface area contributed by atoms with Crippen LogP contribution in [-0.2, 0) is 27.4 Å². The molecule has 1 aromatic rings. The molecule has 0 saturated heterocycles. The van der Waals surface area contributed by atoms with Gasteiger partial charge in [-0.3, -0.25) is 4.21 Å². The van der Waals surface area contributed by atoms with Crippen molar-refractivity contribution in [2.24, 2.45) is 4.99 Å². The Labute approximate surface area is 201 Å². The zero-order valence-electron chi connectivity index (χ0n) is 18.3. The summed E-state index contributed by atoms with van der Waals surface area (Å²) in [5.41, 5.74) is 0.659. The molecule has 2 rings (SSSR count). The fourth-order valence-electron chi connectivity index (χ4n) is 3.51. The maximum atomic E-state index is 12.6. The number of guanidine groups is 1. The number of hydrogen-bond acceptors (Lipinski definition) is 4. The highest BCUT2D eigenvalue weighted by atomic mass is 127. The Kier molecular flexibility index (Phi) is 11.8. The smallest absolute Gasteiger partial charge is 0.242 e. The summed E-state index contributed by atoms with van der Waals surface area (Å²) in [5.74, 6) is 1.36. The zero-order chi connectivity index (χ0) is 21.4. The van der Waals surface area contributed by atoms with Crippen LogP contribution in [0.2, 0.25) is 0 Å². The lowest BCUT2D eigenvalue weighted by Gasteiger charge is -2.30. The number of halogens is 1. The third-order valence-electron chi connectivity index (χ3n) is 5.11. The third-order valence-corrected chi connectivity index (χ3v) is 8.76. The molecule has 0 bridgehead atoms. The average Bonchev–Trinajstić information content (AvgIpc) is 2.71. The first-order valence-electron chi connectivity index (χ1n) is 10.2. The molecule has 3 unspecified atom stereocenters. The highest BCUT2D eigenvalue weighted by molar-refractivity contribution is 14.0.